The van der Waals surface area contributed by atoms with Crippen molar-refractivity contribution < 1.29 is 19.2 Å². The van der Waals surface area contributed by atoms with Crippen LogP contribution in [0.25, 0.3) is 10.9 Å². The first-order valence-corrected chi connectivity index (χ1v) is 10.6. The first kappa shape index (κ1) is 22.3. The number of fused-ring (bicyclic) bond motifs is 1. The molecule has 3 amide bonds. The normalized spacial score (nSPS) is 17.6. The van der Waals surface area contributed by atoms with Gasteiger partial charge in [0.25, 0.3) is 5.91 Å². The molecule has 3 rings (SSSR count). The third kappa shape index (κ3) is 5.39. The van der Waals surface area contributed by atoms with Crippen molar-refractivity contribution in [3.8, 4) is 0 Å². The Morgan fingerprint density at radius 1 is 1.23 bits per heavy atom. The molecule has 0 aliphatic carbocycles. The molecule has 0 radical (unpaired) electrons. The molecule has 3 atom stereocenters. The van der Waals surface area contributed by atoms with Crippen molar-refractivity contribution in [3.63, 3.8) is 0 Å². The summed E-state index contributed by atoms with van der Waals surface area (Å²) < 4.78 is 0. The first-order valence-electron chi connectivity index (χ1n) is 10.6. The van der Waals surface area contributed by atoms with Gasteiger partial charge < -0.3 is 20.9 Å². The maximum Gasteiger partial charge on any atom is 0.268 e. The fraction of sp³-hybridized carbons (Fsp3) is 0.391. The van der Waals surface area contributed by atoms with Crippen molar-refractivity contribution in [2.24, 2.45) is 5.92 Å². The maximum atomic E-state index is 12.9. The van der Waals surface area contributed by atoms with Crippen LogP contribution in [0, 0.1) is 5.92 Å². The zero-order chi connectivity index (χ0) is 22.4. The van der Waals surface area contributed by atoms with Crippen LogP contribution in [0.15, 0.2) is 43.0 Å². The number of ketones is 1. The average Bonchev–Trinajstić information content (AvgIpc) is 3.38. The number of aromatic nitrogens is 1. The van der Waals surface area contributed by atoms with Gasteiger partial charge in [-0.05, 0) is 37.5 Å². The number of benzene rings is 1. The van der Waals surface area contributed by atoms with E-state index < -0.39 is 23.9 Å². The fourth-order valence-electron chi connectivity index (χ4n) is 3.80. The Labute approximate surface area is 180 Å². The topological polar surface area (TPSA) is 120 Å². The van der Waals surface area contributed by atoms with Crippen molar-refractivity contribution >= 4 is 34.4 Å². The second-order valence-corrected chi connectivity index (χ2v) is 7.76. The number of aromatic amines is 1. The highest BCUT2D eigenvalue weighted by Gasteiger charge is 2.32. The Bertz CT molecular complexity index is 963. The van der Waals surface area contributed by atoms with E-state index in [1.54, 1.807) is 6.07 Å². The van der Waals surface area contributed by atoms with Crippen LogP contribution in [-0.4, -0.2) is 47.1 Å². The van der Waals surface area contributed by atoms with Gasteiger partial charge in [-0.2, -0.15) is 0 Å². The number of carbonyl (C=O) groups excluding carboxylic acids is 4. The summed E-state index contributed by atoms with van der Waals surface area (Å²) in [5.41, 5.74) is 1.19. The Morgan fingerprint density at radius 2 is 2.00 bits per heavy atom. The Hall–Kier alpha value is -3.42. The molecule has 1 aromatic heterocycles. The summed E-state index contributed by atoms with van der Waals surface area (Å²) in [6, 6.07) is 7.58. The molecular weight excluding hydrogens is 396 g/mol. The van der Waals surface area contributed by atoms with Crippen LogP contribution in [0.2, 0.25) is 0 Å². The molecular formula is C23H28N4O4. The minimum Gasteiger partial charge on any atom is -0.356 e. The molecule has 2 heterocycles. The van der Waals surface area contributed by atoms with Crippen LogP contribution >= 0.6 is 0 Å². The minimum atomic E-state index is -0.858. The number of hydrogen-bond donors (Lipinski definition) is 4. The average molecular weight is 425 g/mol. The Kier molecular flexibility index (Phi) is 7.23. The zero-order valence-corrected chi connectivity index (χ0v) is 17.6. The molecule has 0 bridgehead atoms. The quantitative estimate of drug-likeness (QED) is 0.435. The van der Waals surface area contributed by atoms with E-state index in [9.17, 15) is 19.2 Å². The van der Waals surface area contributed by atoms with Gasteiger partial charge in [-0.3, -0.25) is 19.2 Å². The van der Waals surface area contributed by atoms with Crippen molar-refractivity contribution in [1.29, 1.82) is 0 Å². The van der Waals surface area contributed by atoms with Crippen molar-refractivity contribution in [2.75, 3.05) is 6.54 Å². The van der Waals surface area contributed by atoms with Gasteiger partial charge in [-0.1, -0.05) is 38.1 Å². The summed E-state index contributed by atoms with van der Waals surface area (Å²) in [5, 5.41) is 9.11. The second-order valence-electron chi connectivity index (χ2n) is 7.76. The van der Waals surface area contributed by atoms with E-state index in [-0.39, 0.29) is 24.0 Å². The van der Waals surface area contributed by atoms with E-state index in [1.165, 1.54) is 0 Å². The Balaban J connectivity index is 1.69. The van der Waals surface area contributed by atoms with Crippen molar-refractivity contribution in [2.45, 2.75) is 44.7 Å². The number of para-hydroxylation sites is 1. The molecule has 164 valence electrons. The molecule has 8 heteroatoms. The smallest absolute Gasteiger partial charge is 0.268 e. The SMILES string of the molecule is C=CC(=O)[C@H](C[C@@H]1CCNC1=O)NC(=O)[C@H](CCC)NC(=O)c1cc2ccccc2[nH]1. The van der Waals surface area contributed by atoms with E-state index >= 15 is 0 Å². The summed E-state index contributed by atoms with van der Waals surface area (Å²) >= 11 is 0. The Morgan fingerprint density at radius 3 is 2.65 bits per heavy atom. The summed E-state index contributed by atoms with van der Waals surface area (Å²) in [6.07, 6.45) is 3.05. The number of carbonyl (C=O) groups is 4. The summed E-state index contributed by atoms with van der Waals surface area (Å²) in [7, 11) is 0. The minimum absolute atomic E-state index is 0.117. The van der Waals surface area contributed by atoms with E-state index in [0.717, 1.165) is 17.0 Å². The van der Waals surface area contributed by atoms with E-state index in [4.69, 9.17) is 0 Å². The van der Waals surface area contributed by atoms with E-state index in [0.29, 0.717) is 31.5 Å². The molecule has 4 N–H and O–H groups in total. The summed E-state index contributed by atoms with van der Waals surface area (Å²) in [4.78, 5) is 52.9. The molecule has 0 saturated carbocycles. The van der Waals surface area contributed by atoms with E-state index in [1.807, 2.05) is 31.2 Å². The third-order valence-electron chi connectivity index (χ3n) is 5.52. The van der Waals surface area contributed by atoms with Crippen LogP contribution < -0.4 is 16.0 Å². The molecule has 1 aliphatic heterocycles. The lowest BCUT2D eigenvalue weighted by atomic mass is 9.95. The van der Waals surface area contributed by atoms with Crippen molar-refractivity contribution in [1.82, 2.24) is 20.9 Å². The van der Waals surface area contributed by atoms with Crippen LogP contribution in [0.4, 0.5) is 0 Å². The zero-order valence-electron chi connectivity index (χ0n) is 17.6. The molecule has 1 aromatic carbocycles. The largest absolute Gasteiger partial charge is 0.356 e. The van der Waals surface area contributed by atoms with Gasteiger partial charge in [0.1, 0.15) is 11.7 Å². The van der Waals surface area contributed by atoms with Gasteiger partial charge in [0.15, 0.2) is 5.78 Å². The van der Waals surface area contributed by atoms with Gasteiger partial charge >= 0.3 is 0 Å². The molecule has 1 saturated heterocycles. The number of H-pyrrole nitrogens is 1. The lowest BCUT2D eigenvalue weighted by molar-refractivity contribution is -0.128. The highest BCUT2D eigenvalue weighted by Crippen LogP contribution is 2.18. The monoisotopic (exact) mass is 424 g/mol. The summed E-state index contributed by atoms with van der Waals surface area (Å²) in [5.74, 6) is -1.66. The first-order chi connectivity index (χ1) is 14.9. The standard InChI is InChI=1S/C23H28N4O4/c1-3-7-17(26-23(31)19-12-14-8-5-6-9-16(14)25-19)22(30)27-18(20(28)4-2)13-15-10-11-24-21(15)29/h4-6,8-9,12,15,17-18,25H,2-3,7,10-11,13H2,1H3,(H,24,29)(H,26,31)(H,27,30)/t15-,17-,18-/m0/s1. The second kappa shape index (κ2) is 10.1. The third-order valence-corrected chi connectivity index (χ3v) is 5.52. The molecule has 1 aliphatic rings. The lowest BCUT2D eigenvalue weighted by Gasteiger charge is -2.23. The highest BCUT2D eigenvalue weighted by atomic mass is 16.2. The van der Waals surface area contributed by atoms with Gasteiger partial charge in [-0.15, -0.1) is 0 Å². The van der Waals surface area contributed by atoms with Crippen LogP contribution in [0.1, 0.15) is 43.1 Å². The van der Waals surface area contributed by atoms with Gasteiger partial charge in [0.2, 0.25) is 11.8 Å². The molecule has 2 aromatic rings. The van der Waals surface area contributed by atoms with Crippen molar-refractivity contribution in [3.05, 3.63) is 48.7 Å². The lowest BCUT2D eigenvalue weighted by Crippen LogP contribution is -2.52. The van der Waals surface area contributed by atoms with Gasteiger partial charge in [0.05, 0.1) is 6.04 Å². The summed E-state index contributed by atoms with van der Waals surface area (Å²) in [6.45, 7) is 5.97. The number of nitrogens with one attached hydrogen (secondary N) is 4. The number of amides is 3. The van der Waals surface area contributed by atoms with Crippen LogP contribution in [0.3, 0.4) is 0 Å². The number of hydrogen-bond acceptors (Lipinski definition) is 4. The predicted molar refractivity (Wildman–Crippen MR) is 117 cm³/mol. The molecule has 31 heavy (non-hydrogen) atoms. The molecule has 0 unspecified atom stereocenters. The fourth-order valence-corrected chi connectivity index (χ4v) is 3.80. The van der Waals surface area contributed by atoms with E-state index in [2.05, 4.69) is 27.5 Å². The maximum absolute atomic E-state index is 12.9. The molecule has 0 spiro atoms. The van der Waals surface area contributed by atoms with Gasteiger partial charge in [0, 0.05) is 23.4 Å². The van der Waals surface area contributed by atoms with Gasteiger partial charge in [-0.25, -0.2) is 0 Å². The highest BCUT2D eigenvalue weighted by molar-refractivity contribution is 6.01. The number of rotatable bonds is 10. The predicted octanol–water partition coefficient (Wildman–Crippen LogP) is 1.83. The molecule has 8 nitrogen and oxygen atoms in total. The molecule has 1 fully saturated rings. The van der Waals surface area contributed by atoms with Crippen LogP contribution in [-0.2, 0) is 14.4 Å². The van der Waals surface area contributed by atoms with Crippen LogP contribution in [0.5, 0.6) is 0 Å².